The van der Waals surface area contributed by atoms with Crippen molar-refractivity contribution in [1.82, 2.24) is 4.90 Å². The Balaban J connectivity index is 2.07. The number of amides is 1. The number of hydrogen-bond acceptors (Lipinski definition) is 3. The first-order valence-electron chi connectivity index (χ1n) is 6.72. The third-order valence-electron chi connectivity index (χ3n) is 3.38. The van der Waals surface area contributed by atoms with Gasteiger partial charge in [0.05, 0.1) is 12.5 Å². The monoisotopic (exact) mass is 273 g/mol. The first-order chi connectivity index (χ1) is 9.72. The molecular formula is C16H19NO3. The van der Waals surface area contributed by atoms with E-state index in [0.717, 1.165) is 17.5 Å². The molecule has 1 fully saturated rings. The van der Waals surface area contributed by atoms with Crippen molar-refractivity contribution in [2.45, 2.75) is 13.0 Å². The second-order valence-electron chi connectivity index (χ2n) is 4.87. The van der Waals surface area contributed by atoms with Crippen LogP contribution in [0.2, 0.25) is 0 Å². The molecule has 1 aliphatic rings. The van der Waals surface area contributed by atoms with E-state index < -0.39 is 0 Å². The Hall–Kier alpha value is -1.83. The van der Waals surface area contributed by atoms with E-state index in [-0.39, 0.29) is 18.4 Å². The molecule has 1 aliphatic heterocycles. The van der Waals surface area contributed by atoms with Crippen LogP contribution in [-0.2, 0) is 16.1 Å². The molecule has 1 amide bonds. The predicted molar refractivity (Wildman–Crippen MR) is 75.8 cm³/mol. The molecule has 0 radical (unpaired) electrons. The van der Waals surface area contributed by atoms with Crippen molar-refractivity contribution < 1.29 is 14.6 Å². The van der Waals surface area contributed by atoms with Gasteiger partial charge in [0.1, 0.15) is 6.61 Å². The number of carbonyl (C=O) groups excluding carboxylic acids is 1. The van der Waals surface area contributed by atoms with Gasteiger partial charge in [0, 0.05) is 25.8 Å². The third kappa shape index (κ3) is 3.60. The van der Waals surface area contributed by atoms with Crippen molar-refractivity contribution in [1.29, 1.82) is 0 Å². The molecule has 20 heavy (non-hydrogen) atoms. The van der Waals surface area contributed by atoms with Crippen molar-refractivity contribution in [2.24, 2.45) is 5.92 Å². The molecule has 1 aromatic carbocycles. The Morgan fingerprint density at radius 2 is 2.30 bits per heavy atom. The van der Waals surface area contributed by atoms with Gasteiger partial charge in [-0.3, -0.25) is 4.79 Å². The van der Waals surface area contributed by atoms with Gasteiger partial charge in [-0.2, -0.15) is 0 Å². The van der Waals surface area contributed by atoms with Gasteiger partial charge in [-0.15, -0.1) is 0 Å². The quantitative estimate of drug-likeness (QED) is 0.837. The Morgan fingerprint density at radius 3 is 3.00 bits per heavy atom. The second-order valence-corrected chi connectivity index (χ2v) is 4.87. The lowest BCUT2D eigenvalue weighted by molar-refractivity contribution is -0.134. The summed E-state index contributed by atoms with van der Waals surface area (Å²) >= 11 is 0. The Labute approximate surface area is 119 Å². The lowest BCUT2D eigenvalue weighted by atomic mass is 10.1. The van der Waals surface area contributed by atoms with E-state index in [4.69, 9.17) is 9.84 Å². The summed E-state index contributed by atoms with van der Waals surface area (Å²) in [6, 6.07) is 7.68. The van der Waals surface area contributed by atoms with Crippen molar-refractivity contribution in [2.75, 3.05) is 26.9 Å². The van der Waals surface area contributed by atoms with Crippen LogP contribution in [0, 0.1) is 17.8 Å². The molecule has 4 heteroatoms. The zero-order valence-electron chi connectivity index (χ0n) is 11.6. The van der Waals surface area contributed by atoms with Gasteiger partial charge in [-0.1, -0.05) is 30.0 Å². The summed E-state index contributed by atoms with van der Waals surface area (Å²) in [5.41, 5.74) is 1.84. The van der Waals surface area contributed by atoms with Gasteiger partial charge < -0.3 is 14.7 Å². The van der Waals surface area contributed by atoms with E-state index in [1.807, 2.05) is 24.3 Å². The summed E-state index contributed by atoms with van der Waals surface area (Å²) in [6.07, 6.45) is 0.801. The second kappa shape index (κ2) is 7.09. The van der Waals surface area contributed by atoms with Crippen LogP contribution < -0.4 is 0 Å². The highest BCUT2D eigenvalue weighted by Crippen LogP contribution is 2.17. The van der Waals surface area contributed by atoms with Crippen LogP contribution in [0.1, 0.15) is 17.5 Å². The molecule has 0 aliphatic carbocycles. The minimum atomic E-state index is -0.164. The highest BCUT2D eigenvalue weighted by Gasteiger charge is 2.26. The molecular weight excluding hydrogens is 254 g/mol. The number of carbonyl (C=O) groups is 1. The normalized spacial score (nSPS) is 17.4. The molecule has 1 heterocycles. The summed E-state index contributed by atoms with van der Waals surface area (Å²) in [7, 11) is 1.80. The molecule has 1 atom stereocenters. The van der Waals surface area contributed by atoms with Gasteiger partial charge in [0.15, 0.2) is 0 Å². The fraction of sp³-hybridized carbons (Fsp3) is 0.438. The molecule has 0 bridgehead atoms. The number of rotatable bonds is 3. The number of ether oxygens (including phenoxy) is 1. The van der Waals surface area contributed by atoms with Crippen LogP contribution in [0.25, 0.3) is 0 Å². The molecule has 1 unspecified atom stereocenters. The van der Waals surface area contributed by atoms with E-state index in [2.05, 4.69) is 11.8 Å². The van der Waals surface area contributed by atoms with E-state index in [0.29, 0.717) is 19.8 Å². The Kier molecular flexibility index (Phi) is 5.16. The number of hydrogen-bond donors (Lipinski definition) is 1. The van der Waals surface area contributed by atoms with E-state index in [9.17, 15) is 4.79 Å². The molecule has 0 aromatic heterocycles. The van der Waals surface area contributed by atoms with Crippen LogP contribution in [-0.4, -0.2) is 42.8 Å². The van der Waals surface area contributed by atoms with Gasteiger partial charge in [-0.05, 0) is 18.1 Å². The van der Waals surface area contributed by atoms with Gasteiger partial charge in [-0.25, -0.2) is 0 Å². The maximum absolute atomic E-state index is 12.2. The predicted octanol–water partition coefficient (Wildman–Crippen LogP) is 1.03. The lowest BCUT2D eigenvalue weighted by Gasteiger charge is -2.21. The molecule has 2 rings (SSSR count). The summed E-state index contributed by atoms with van der Waals surface area (Å²) in [4.78, 5) is 14.0. The lowest BCUT2D eigenvalue weighted by Crippen LogP contribution is -2.32. The van der Waals surface area contributed by atoms with E-state index in [1.165, 1.54) is 0 Å². The fourth-order valence-electron chi connectivity index (χ4n) is 2.29. The van der Waals surface area contributed by atoms with Crippen molar-refractivity contribution in [3.8, 4) is 11.8 Å². The topological polar surface area (TPSA) is 49.8 Å². The van der Waals surface area contributed by atoms with Crippen molar-refractivity contribution >= 4 is 5.91 Å². The van der Waals surface area contributed by atoms with Gasteiger partial charge in [0.2, 0.25) is 5.91 Å². The number of nitrogens with zero attached hydrogens (tertiary/aromatic N) is 1. The minimum Gasteiger partial charge on any atom is -0.384 e. The van der Waals surface area contributed by atoms with E-state index >= 15 is 0 Å². The first kappa shape index (κ1) is 14.6. The highest BCUT2D eigenvalue weighted by atomic mass is 16.5. The van der Waals surface area contributed by atoms with Crippen molar-refractivity contribution in [3.05, 3.63) is 35.4 Å². The first-order valence-corrected chi connectivity index (χ1v) is 6.72. The summed E-state index contributed by atoms with van der Waals surface area (Å²) in [6.45, 7) is 1.55. The number of aliphatic hydroxyl groups excluding tert-OH is 1. The standard InChI is InChI=1S/C16H19NO3/c1-17(16(19)15-8-10-20-12-15)11-14-6-3-2-5-13(14)7-4-9-18/h2-3,5-6,15,18H,8-12H2,1H3. The highest BCUT2D eigenvalue weighted by molar-refractivity contribution is 5.79. The maximum atomic E-state index is 12.2. The average molecular weight is 273 g/mol. The smallest absolute Gasteiger partial charge is 0.228 e. The van der Waals surface area contributed by atoms with Crippen LogP contribution in [0.5, 0.6) is 0 Å². The molecule has 0 spiro atoms. The SMILES string of the molecule is CN(Cc1ccccc1C#CCO)C(=O)C1CCOC1. The summed E-state index contributed by atoms with van der Waals surface area (Å²) in [5, 5.41) is 8.78. The zero-order chi connectivity index (χ0) is 14.4. The van der Waals surface area contributed by atoms with Gasteiger partial charge >= 0.3 is 0 Å². The summed E-state index contributed by atoms with van der Waals surface area (Å²) < 4.78 is 5.26. The summed E-state index contributed by atoms with van der Waals surface area (Å²) in [5.74, 6) is 5.66. The van der Waals surface area contributed by atoms with Crippen LogP contribution in [0.3, 0.4) is 0 Å². The molecule has 4 nitrogen and oxygen atoms in total. The maximum Gasteiger partial charge on any atom is 0.228 e. The number of benzene rings is 1. The van der Waals surface area contributed by atoms with Crippen LogP contribution in [0.15, 0.2) is 24.3 Å². The fourth-order valence-corrected chi connectivity index (χ4v) is 2.29. The number of aliphatic hydroxyl groups is 1. The van der Waals surface area contributed by atoms with Crippen LogP contribution >= 0.6 is 0 Å². The third-order valence-corrected chi connectivity index (χ3v) is 3.38. The molecule has 106 valence electrons. The Bertz CT molecular complexity index is 524. The minimum absolute atomic E-state index is 0.0179. The molecule has 1 aromatic rings. The zero-order valence-corrected chi connectivity index (χ0v) is 11.6. The van der Waals surface area contributed by atoms with Crippen LogP contribution in [0.4, 0.5) is 0 Å². The molecule has 1 N–H and O–H groups in total. The Morgan fingerprint density at radius 1 is 1.50 bits per heavy atom. The van der Waals surface area contributed by atoms with Crippen molar-refractivity contribution in [3.63, 3.8) is 0 Å². The average Bonchev–Trinajstić information content (AvgIpc) is 2.99. The van der Waals surface area contributed by atoms with Gasteiger partial charge in [0.25, 0.3) is 0 Å². The van der Waals surface area contributed by atoms with E-state index in [1.54, 1.807) is 11.9 Å². The molecule has 1 saturated heterocycles. The molecule has 0 saturated carbocycles. The largest absolute Gasteiger partial charge is 0.384 e.